The summed E-state index contributed by atoms with van der Waals surface area (Å²) in [5.41, 5.74) is 3.55. The van der Waals surface area contributed by atoms with E-state index >= 15 is 0 Å². The third-order valence-corrected chi connectivity index (χ3v) is 2.82. The molecule has 0 aliphatic rings. The molecule has 0 aliphatic heterocycles. The summed E-state index contributed by atoms with van der Waals surface area (Å²) in [6.45, 7) is 1.99. The lowest BCUT2D eigenvalue weighted by Crippen LogP contribution is -1.93. The lowest BCUT2D eigenvalue weighted by atomic mass is 10.2. The Morgan fingerprint density at radius 2 is 1.82 bits per heavy atom. The second kappa shape index (κ2) is 3.63. The molecular weight excluding hydrogens is 212 g/mol. The molecule has 3 aromatic rings. The normalized spacial score (nSPS) is 10.9. The van der Waals surface area contributed by atoms with Gasteiger partial charge in [0.1, 0.15) is 5.52 Å². The minimum absolute atomic E-state index is 0.575. The van der Waals surface area contributed by atoms with Gasteiger partial charge in [-0.1, -0.05) is 36.4 Å². The highest BCUT2D eigenvalue weighted by molar-refractivity contribution is 5.80. The van der Waals surface area contributed by atoms with E-state index in [2.05, 4.69) is 4.98 Å². The third-order valence-electron chi connectivity index (χ3n) is 2.82. The van der Waals surface area contributed by atoms with Crippen molar-refractivity contribution < 1.29 is 5.21 Å². The second-order valence-corrected chi connectivity index (χ2v) is 4.11. The van der Waals surface area contributed by atoms with Gasteiger partial charge in [-0.25, -0.2) is 4.98 Å². The molecular formula is C14H12N2O. The molecule has 0 radical (unpaired) electrons. The molecule has 2 aromatic carbocycles. The molecule has 0 amide bonds. The lowest BCUT2D eigenvalue weighted by Gasteiger charge is -2.00. The molecule has 84 valence electrons. The van der Waals surface area contributed by atoms with Crippen LogP contribution in [0.25, 0.3) is 22.4 Å². The predicted octanol–water partition coefficient (Wildman–Crippen LogP) is 3.25. The highest BCUT2D eigenvalue weighted by Gasteiger charge is 2.11. The third kappa shape index (κ3) is 1.56. The topological polar surface area (TPSA) is 38.0 Å². The van der Waals surface area contributed by atoms with E-state index in [0.717, 1.165) is 26.9 Å². The van der Waals surface area contributed by atoms with Crippen LogP contribution >= 0.6 is 0 Å². The summed E-state index contributed by atoms with van der Waals surface area (Å²) >= 11 is 0. The standard InChI is InChI=1S/C14H12N2O/c1-10-7-8-12-13(9-10)16(17)14(15-12)11-5-3-2-4-6-11/h2-9,17H,1H3. The molecule has 0 spiro atoms. The minimum atomic E-state index is 0.575. The average molecular weight is 224 g/mol. The van der Waals surface area contributed by atoms with E-state index < -0.39 is 0 Å². The van der Waals surface area contributed by atoms with Gasteiger partial charge in [-0.2, -0.15) is 4.73 Å². The Balaban J connectivity index is 2.28. The van der Waals surface area contributed by atoms with Crippen molar-refractivity contribution in [3.8, 4) is 11.4 Å². The Morgan fingerprint density at radius 1 is 1.06 bits per heavy atom. The number of benzene rings is 2. The van der Waals surface area contributed by atoms with Crippen molar-refractivity contribution in [2.75, 3.05) is 0 Å². The molecule has 3 nitrogen and oxygen atoms in total. The Kier molecular flexibility index (Phi) is 2.11. The average Bonchev–Trinajstić information content (AvgIpc) is 2.68. The second-order valence-electron chi connectivity index (χ2n) is 4.11. The molecule has 1 aromatic heterocycles. The molecule has 0 atom stereocenters. The van der Waals surface area contributed by atoms with Crippen LogP contribution in [-0.4, -0.2) is 14.9 Å². The predicted molar refractivity (Wildman–Crippen MR) is 67.1 cm³/mol. The van der Waals surface area contributed by atoms with Crippen LogP contribution in [0.4, 0.5) is 0 Å². The number of aromatic nitrogens is 2. The zero-order valence-electron chi connectivity index (χ0n) is 9.46. The van der Waals surface area contributed by atoms with Gasteiger partial charge < -0.3 is 5.21 Å². The first-order valence-corrected chi connectivity index (χ1v) is 5.49. The van der Waals surface area contributed by atoms with Gasteiger partial charge in [-0.15, -0.1) is 0 Å². The molecule has 0 fully saturated rings. The molecule has 0 saturated carbocycles. The summed E-state index contributed by atoms with van der Waals surface area (Å²) in [4.78, 5) is 4.44. The molecule has 0 aliphatic carbocycles. The number of fused-ring (bicyclic) bond motifs is 1. The van der Waals surface area contributed by atoms with Crippen LogP contribution < -0.4 is 0 Å². The summed E-state index contributed by atoms with van der Waals surface area (Å²) < 4.78 is 1.15. The van der Waals surface area contributed by atoms with E-state index in [1.165, 1.54) is 0 Å². The summed E-state index contributed by atoms with van der Waals surface area (Å²) in [5, 5.41) is 10.1. The van der Waals surface area contributed by atoms with Gasteiger partial charge in [0.15, 0.2) is 5.82 Å². The molecule has 0 bridgehead atoms. The van der Waals surface area contributed by atoms with E-state index in [4.69, 9.17) is 0 Å². The van der Waals surface area contributed by atoms with Crippen LogP contribution in [0.3, 0.4) is 0 Å². The molecule has 1 N–H and O–H groups in total. The van der Waals surface area contributed by atoms with E-state index in [9.17, 15) is 5.21 Å². The summed E-state index contributed by atoms with van der Waals surface area (Å²) in [7, 11) is 0. The minimum Gasteiger partial charge on any atom is -0.426 e. The Labute approximate surface area is 98.9 Å². The summed E-state index contributed by atoms with van der Waals surface area (Å²) in [6, 6.07) is 15.5. The smallest absolute Gasteiger partial charge is 0.176 e. The Hall–Kier alpha value is -2.29. The van der Waals surface area contributed by atoms with Gasteiger partial charge in [0.25, 0.3) is 0 Å². The van der Waals surface area contributed by atoms with Gasteiger partial charge in [0.2, 0.25) is 0 Å². The van der Waals surface area contributed by atoms with Crippen LogP contribution in [0, 0.1) is 6.92 Å². The van der Waals surface area contributed by atoms with Crippen LogP contribution in [-0.2, 0) is 0 Å². The SMILES string of the molecule is Cc1ccc2nc(-c3ccccc3)n(O)c2c1. The number of hydrogen-bond donors (Lipinski definition) is 1. The number of imidazole rings is 1. The number of hydrogen-bond acceptors (Lipinski definition) is 2. The molecule has 0 unspecified atom stereocenters. The molecule has 17 heavy (non-hydrogen) atoms. The largest absolute Gasteiger partial charge is 0.426 e. The highest BCUT2D eigenvalue weighted by atomic mass is 16.5. The van der Waals surface area contributed by atoms with Gasteiger partial charge in [-0.3, -0.25) is 0 Å². The van der Waals surface area contributed by atoms with Gasteiger partial charge in [0.05, 0.1) is 5.52 Å². The Bertz CT molecular complexity index is 671. The van der Waals surface area contributed by atoms with Crippen molar-refractivity contribution in [1.82, 2.24) is 9.71 Å². The lowest BCUT2D eigenvalue weighted by molar-refractivity contribution is 0.203. The fourth-order valence-electron chi connectivity index (χ4n) is 1.95. The maximum atomic E-state index is 10.1. The van der Waals surface area contributed by atoms with Crippen LogP contribution in [0.5, 0.6) is 0 Å². The Morgan fingerprint density at radius 3 is 2.59 bits per heavy atom. The highest BCUT2D eigenvalue weighted by Crippen LogP contribution is 2.23. The zero-order valence-corrected chi connectivity index (χ0v) is 9.46. The van der Waals surface area contributed by atoms with Crippen molar-refractivity contribution in [2.24, 2.45) is 0 Å². The maximum Gasteiger partial charge on any atom is 0.176 e. The first-order chi connectivity index (χ1) is 8.25. The quantitative estimate of drug-likeness (QED) is 0.644. The molecule has 3 heteroatoms. The summed E-state index contributed by atoms with van der Waals surface area (Å²) in [5.74, 6) is 0.575. The maximum absolute atomic E-state index is 10.1. The van der Waals surface area contributed by atoms with Gasteiger partial charge in [-0.05, 0) is 24.6 Å². The molecule has 0 saturated heterocycles. The van der Waals surface area contributed by atoms with Crippen LogP contribution in [0.15, 0.2) is 48.5 Å². The zero-order chi connectivity index (χ0) is 11.8. The van der Waals surface area contributed by atoms with Gasteiger partial charge >= 0.3 is 0 Å². The van der Waals surface area contributed by atoms with E-state index in [0.29, 0.717) is 5.82 Å². The first kappa shape index (κ1) is 9.90. The van der Waals surface area contributed by atoms with E-state index in [1.54, 1.807) is 0 Å². The van der Waals surface area contributed by atoms with Crippen molar-refractivity contribution in [3.63, 3.8) is 0 Å². The molecule has 3 rings (SSSR count). The van der Waals surface area contributed by atoms with Gasteiger partial charge in [0, 0.05) is 5.56 Å². The fourth-order valence-corrected chi connectivity index (χ4v) is 1.95. The van der Waals surface area contributed by atoms with Crippen molar-refractivity contribution in [2.45, 2.75) is 6.92 Å². The van der Waals surface area contributed by atoms with E-state index in [1.807, 2.05) is 55.5 Å². The van der Waals surface area contributed by atoms with Crippen LogP contribution in [0.1, 0.15) is 5.56 Å². The number of rotatable bonds is 1. The molecule has 1 heterocycles. The van der Waals surface area contributed by atoms with Crippen LogP contribution in [0.2, 0.25) is 0 Å². The number of aryl methyl sites for hydroxylation is 1. The van der Waals surface area contributed by atoms with Crippen molar-refractivity contribution >= 4 is 11.0 Å². The van der Waals surface area contributed by atoms with Crippen molar-refractivity contribution in [1.29, 1.82) is 0 Å². The monoisotopic (exact) mass is 224 g/mol. The number of nitrogens with zero attached hydrogens (tertiary/aromatic N) is 2. The fraction of sp³-hybridized carbons (Fsp3) is 0.0714. The first-order valence-electron chi connectivity index (χ1n) is 5.49. The summed E-state index contributed by atoms with van der Waals surface area (Å²) in [6.07, 6.45) is 0. The van der Waals surface area contributed by atoms with Crippen molar-refractivity contribution in [3.05, 3.63) is 54.1 Å². The van der Waals surface area contributed by atoms with E-state index in [-0.39, 0.29) is 0 Å².